The van der Waals surface area contributed by atoms with Gasteiger partial charge in [0.05, 0.1) is 24.6 Å². The predicted octanol–water partition coefficient (Wildman–Crippen LogP) is 9.20. The molecule has 1 heterocycles. The third kappa shape index (κ3) is 12.5. The lowest BCUT2D eigenvalue weighted by Crippen LogP contribution is -2.23. The second-order valence-electron chi connectivity index (χ2n) is 12.3. The number of ether oxygens (including phenoxy) is 1. The van der Waals surface area contributed by atoms with Crippen LogP contribution in [0.1, 0.15) is 16.8 Å². The van der Waals surface area contributed by atoms with E-state index in [4.69, 9.17) is 18.3 Å². The van der Waals surface area contributed by atoms with Gasteiger partial charge < -0.3 is 9.26 Å². The smallest absolute Gasteiger partial charge is 0.444 e. The first-order valence-corrected chi connectivity index (χ1v) is 23.0. The molecule has 226 valence electrons. The van der Waals surface area contributed by atoms with E-state index in [9.17, 15) is 9.36 Å². The van der Waals surface area contributed by atoms with Gasteiger partial charge in [0, 0.05) is 27.9 Å². The van der Waals surface area contributed by atoms with Crippen LogP contribution in [-0.2, 0) is 25.0 Å². The Morgan fingerprint density at radius 2 is 1.45 bits per heavy atom. The molecule has 0 aliphatic carbocycles. The summed E-state index contributed by atoms with van der Waals surface area (Å²) in [5, 5.41) is 2.76. The van der Waals surface area contributed by atoms with Gasteiger partial charge in [-0.15, -0.1) is 0 Å². The van der Waals surface area contributed by atoms with Gasteiger partial charge in [-0.2, -0.15) is 0 Å². The molecule has 0 saturated heterocycles. The average Bonchev–Trinajstić information content (AvgIpc) is 2.91. The molecule has 0 atom stereocenters. The van der Waals surface area contributed by atoms with Crippen LogP contribution in [0.25, 0.3) is 12.2 Å². The van der Waals surface area contributed by atoms with E-state index in [0.29, 0.717) is 16.9 Å². The van der Waals surface area contributed by atoms with E-state index in [1.807, 2.05) is 42.5 Å². The van der Waals surface area contributed by atoms with Crippen molar-refractivity contribution < 1.29 is 27.7 Å². The number of nitrogens with one attached hydrogen (secondary N) is 1. The fraction of sp³-hybridized carbons (Fsp3) is 0.355. The number of aromatic nitrogens is 1. The number of hydrogen-bond acceptors (Lipinski definition) is 7. The average molecular weight is 627 g/mol. The van der Waals surface area contributed by atoms with Gasteiger partial charge in [-0.1, -0.05) is 93.9 Å². The number of carbonyl (C=O) groups excluding carboxylic acids is 1. The largest absolute Gasteiger partial charge is 0.530 e. The predicted molar refractivity (Wildman–Crippen MR) is 176 cm³/mol. The lowest BCUT2D eigenvalue weighted by Gasteiger charge is -2.23. The topological polar surface area (TPSA) is 96.0 Å². The van der Waals surface area contributed by atoms with Crippen molar-refractivity contribution in [2.45, 2.75) is 58.0 Å². The summed E-state index contributed by atoms with van der Waals surface area (Å²) in [6.45, 7) is 13.8. The Labute approximate surface area is 252 Å². The molecule has 0 fully saturated rings. The number of anilines is 1. The Morgan fingerprint density at radius 3 is 2.10 bits per heavy atom. The molecule has 1 N–H and O–H groups in total. The maximum atomic E-state index is 13.7. The maximum absolute atomic E-state index is 13.7. The first kappa shape index (κ1) is 33.5. The van der Waals surface area contributed by atoms with E-state index >= 15 is 0 Å². The highest BCUT2D eigenvalue weighted by atomic mass is 31.2. The van der Waals surface area contributed by atoms with Crippen LogP contribution in [0.2, 0.25) is 51.4 Å². The summed E-state index contributed by atoms with van der Waals surface area (Å²) in [5.74, 6) is 0.280. The van der Waals surface area contributed by atoms with E-state index in [2.05, 4.69) is 49.6 Å². The van der Waals surface area contributed by atoms with Crippen molar-refractivity contribution in [3.8, 4) is 5.75 Å². The summed E-state index contributed by atoms with van der Waals surface area (Å²) >= 11 is 0. The normalized spacial score (nSPS) is 12.3. The van der Waals surface area contributed by atoms with Crippen LogP contribution in [0, 0.1) is 0 Å². The van der Waals surface area contributed by atoms with Gasteiger partial charge in [-0.05, 0) is 41.9 Å². The lowest BCUT2D eigenvalue weighted by atomic mass is 10.2. The highest BCUT2D eigenvalue weighted by molar-refractivity contribution is 7.49. The molecule has 2 aromatic carbocycles. The highest BCUT2D eigenvalue weighted by Crippen LogP contribution is 2.51. The van der Waals surface area contributed by atoms with Crippen molar-refractivity contribution in [3.63, 3.8) is 0 Å². The van der Waals surface area contributed by atoms with E-state index in [1.165, 1.54) is 0 Å². The summed E-state index contributed by atoms with van der Waals surface area (Å²) in [5.41, 5.74) is 2.65. The first-order valence-electron chi connectivity index (χ1n) is 14.1. The molecule has 0 saturated carbocycles. The summed E-state index contributed by atoms with van der Waals surface area (Å²) in [6.07, 6.45) is 4.75. The van der Waals surface area contributed by atoms with Crippen LogP contribution < -0.4 is 9.84 Å². The van der Waals surface area contributed by atoms with Crippen LogP contribution >= 0.6 is 7.82 Å². The van der Waals surface area contributed by atoms with Crippen LogP contribution in [0.4, 0.5) is 10.5 Å². The number of para-hydroxylation sites is 1. The molecule has 11 heteroatoms. The highest BCUT2D eigenvalue weighted by Gasteiger charge is 2.31. The van der Waals surface area contributed by atoms with Crippen molar-refractivity contribution in [2.24, 2.45) is 0 Å². The van der Waals surface area contributed by atoms with Crippen molar-refractivity contribution in [3.05, 3.63) is 89.7 Å². The maximum Gasteiger partial charge on any atom is 0.530 e. The van der Waals surface area contributed by atoms with Crippen LogP contribution in [0.15, 0.2) is 72.9 Å². The molecular formula is C31H43N2O6PSi2. The monoisotopic (exact) mass is 626 g/mol. The summed E-state index contributed by atoms with van der Waals surface area (Å²) in [7, 11) is -6.77. The molecule has 0 aliphatic heterocycles. The summed E-state index contributed by atoms with van der Waals surface area (Å²) in [6, 6.07) is 21.9. The number of amides is 1. The Balaban J connectivity index is 1.67. The van der Waals surface area contributed by atoms with Gasteiger partial charge in [0.25, 0.3) is 0 Å². The first-order chi connectivity index (χ1) is 19.8. The number of nitrogens with zero attached hydrogens (tertiary/aromatic N) is 1. The van der Waals surface area contributed by atoms with Gasteiger partial charge >= 0.3 is 13.9 Å². The van der Waals surface area contributed by atoms with Crippen molar-refractivity contribution in [1.82, 2.24) is 4.98 Å². The van der Waals surface area contributed by atoms with Crippen molar-refractivity contribution in [1.29, 1.82) is 0 Å². The number of hydrogen-bond donors (Lipinski definition) is 1. The fourth-order valence-corrected chi connectivity index (χ4v) is 6.54. The van der Waals surface area contributed by atoms with Gasteiger partial charge in [0.2, 0.25) is 0 Å². The Hall–Kier alpha value is -3.02. The van der Waals surface area contributed by atoms with Crippen LogP contribution in [-0.4, -0.2) is 40.4 Å². The quantitative estimate of drug-likeness (QED) is 0.133. The number of rotatable bonds is 15. The molecular weight excluding hydrogens is 583 g/mol. The minimum atomic E-state index is -3.91. The molecule has 3 aromatic rings. The molecule has 42 heavy (non-hydrogen) atoms. The molecule has 8 nitrogen and oxygen atoms in total. The second kappa shape index (κ2) is 15.5. The zero-order valence-corrected chi connectivity index (χ0v) is 28.4. The van der Waals surface area contributed by atoms with Gasteiger partial charge in [0.1, 0.15) is 12.4 Å². The molecule has 0 bridgehead atoms. The number of benzene rings is 2. The number of phosphoric acid groups is 1. The third-order valence-electron chi connectivity index (χ3n) is 6.05. The van der Waals surface area contributed by atoms with Gasteiger partial charge in [-0.25, -0.2) is 9.36 Å². The number of pyridine rings is 1. The zero-order valence-electron chi connectivity index (χ0n) is 25.5. The molecule has 1 aromatic heterocycles. The van der Waals surface area contributed by atoms with Crippen molar-refractivity contribution >= 4 is 47.9 Å². The van der Waals surface area contributed by atoms with E-state index in [1.54, 1.807) is 42.6 Å². The van der Waals surface area contributed by atoms with Crippen LogP contribution in [0.3, 0.4) is 0 Å². The minimum absolute atomic E-state index is 0.110. The Morgan fingerprint density at radius 1 is 0.833 bits per heavy atom. The standard InChI is InChI=1S/C31H43N2O6PSi2/c1-41(2,3)23-21-37-40(35,38-22-24-42(4,5)6)39-30-17-11-10-15-27(30)25-36-31(34)33-29-16-12-20-32-28(29)19-18-26-13-8-7-9-14-26/h7-20H,21-25H2,1-6H3,(H,33,34). The Bertz CT molecular complexity index is 1350. The number of phosphoric ester groups is 1. The second-order valence-corrected chi connectivity index (χ2v) is 25.2. The zero-order chi connectivity index (χ0) is 30.6. The molecule has 3 rings (SSSR count). The van der Waals surface area contributed by atoms with E-state index in [-0.39, 0.29) is 25.6 Å². The van der Waals surface area contributed by atoms with Crippen molar-refractivity contribution in [2.75, 3.05) is 18.5 Å². The third-order valence-corrected chi connectivity index (χ3v) is 10.9. The Kier molecular flexibility index (Phi) is 12.3. The van der Waals surface area contributed by atoms with E-state index < -0.39 is 30.1 Å². The lowest BCUT2D eigenvalue weighted by molar-refractivity contribution is 0.151. The van der Waals surface area contributed by atoms with E-state index in [0.717, 1.165) is 17.7 Å². The molecule has 0 aliphatic rings. The summed E-state index contributed by atoms with van der Waals surface area (Å²) < 4.78 is 36.7. The van der Waals surface area contributed by atoms with Gasteiger partial charge in [-0.3, -0.25) is 19.3 Å². The van der Waals surface area contributed by atoms with Crippen LogP contribution in [0.5, 0.6) is 5.75 Å². The molecule has 0 unspecified atom stereocenters. The molecule has 0 radical (unpaired) electrons. The molecule has 0 spiro atoms. The van der Waals surface area contributed by atoms with Gasteiger partial charge in [0.15, 0.2) is 0 Å². The molecule has 1 amide bonds. The fourth-order valence-electron chi connectivity index (χ4n) is 3.53. The number of carbonyl (C=O) groups is 1. The SMILES string of the molecule is C[Si](C)(C)CCOP(=O)(OCC[Si](C)(C)C)Oc1ccccc1COC(=O)Nc1cccnc1C=Cc1ccccc1. The summed E-state index contributed by atoms with van der Waals surface area (Å²) in [4.78, 5) is 17.1. The minimum Gasteiger partial charge on any atom is -0.444 e.